The van der Waals surface area contributed by atoms with Gasteiger partial charge in [-0.15, -0.1) is 0 Å². The number of rotatable bonds is 3. The molecule has 0 bridgehead atoms. The van der Waals surface area contributed by atoms with E-state index in [0.717, 1.165) is 37.1 Å². The van der Waals surface area contributed by atoms with Crippen LogP contribution in [-0.2, 0) is 6.42 Å². The van der Waals surface area contributed by atoms with Crippen molar-refractivity contribution in [3.05, 3.63) is 35.4 Å². The van der Waals surface area contributed by atoms with Gasteiger partial charge >= 0.3 is 0 Å². The number of hydrogen-bond donors (Lipinski definition) is 1. The molecule has 17 heavy (non-hydrogen) atoms. The molecular weight excluding hydrogens is 232 g/mol. The van der Waals surface area contributed by atoms with Crippen LogP contribution in [0.2, 0.25) is 0 Å². The quantitative estimate of drug-likeness (QED) is 0.829. The fourth-order valence-corrected chi connectivity index (χ4v) is 2.28. The van der Waals surface area contributed by atoms with Gasteiger partial charge in [0.2, 0.25) is 0 Å². The molecule has 0 radical (unpaired) electrons. The Hall–Kier alpha value is -1.42. The van der Waals surface area contributed by atoms with E-state index in [1.807, 2.05) is 29.2 Å². The molecule has 0 unspecified atom stereocenters. The maximum absolute atomic E-state index is 12.1. The van der Waals surface area contributed by atoms with E-state index >= 15 is 0 Å². The first-order valence-corrected chi connectivity index (χ1v) is 6.24. The second-order valence-electron chi connectivity index (χ2n) is 4.34. The topological polar surface area (TPSA) is 46.3 Å². The van der Waals surface area contributed by atoms with Crippen LogP contribution in [0.3, 0.4) is 0 Å². The van der Waals surface area contributed by atoms with E-state index in [4.69, 9.17) is 18.0 Å². The summed E-state index contributed by atoms with van der Waals surface area (Å²) >= 11 is 4.88. The van der Waals surface area contributed by atoms with E-state index in [1.165, 1.54) is 0 Å². The molecule has 1 saturated heterocycles. The number of hydrogen-bond acceptors (Lipinski definition) is 2. The van der Waals surface area contributed by atoms with Gasteiger partial charge < -0.3 is 10.6 Å². The average Bonchev–Trinajstić information content (AvgIpc) is 2.81. The maximum atomic E-state index is 12.1. The van der Waals surface area contributed by atoms with Crippen molar-refractivity contribution in [1.29, 1.82) is 0 Å². The fraction of sp³-hybridized carbons (Fsp3) is 0.385. The van der Waals surface area contributed by atoms with Crippen LogP contribution in [0.15, 0.2) is 24.3 Å². The number of amides is 1. The van der Waals surface area contributed by atoms with Crippen LogP contribution < -0.4 is 5.73 Å². The van der Waals surface area contributed by atoms with Crippen molar-refractivity contribution < 1.29 is 4.79 Å². The number of carbonyl (C=O) groups excluding carboxylic acids is 1. The van der Waals surface area contributed by atoms with Crippen LogP contribution in [0.4, 0.5) is 0 Å². The Balaban J connectivity index is 2.14. The van der Waals surface area contributed by atoms with Crippen molar-refractivity contribution in [1.82, 2.24) is 4.90 Å². The molecule has 3 nitrogen and oxygen atoms in total. The summed E-state index contributed by atoms with van der Waals surface area (Å²) in [5, 5.41) is 0. The third-order valence-corrected chi connectivity index (χ3v) is 3.09. The lowest BCUT2D eigenvalue weighted by atomic mass is 10.1. The summed E-state index contributed by atoms with van der Waals surface area (Å²) in [6.07, 6.45) is 2.77. The highest BCUT2D eigenvalue weighted by atomic mass is 32.1. The van der Waals surface area contributed by atoms with Gasteiger partial charge in [-0.2, -0.15) is 0 Å². The molecule has 1 aromatic carbocycles. The van der Waals surface area contributed by atoms with E-state index in [9.17, 15) is 4.79 Å². The zero-order valence-corrected chi connectivity index (χ0v) is 10.5. The number of thiocarbonyl (C=S) groups is 1. The summed E-state index contributed by atoms with van der Waals surface area (Å²) in [5.74, 6) is 0.118. The molecule has 0 atom stereocenters. The van der Waals surface area contributed by atoms with E-state index in [-0.39, 0.29) is 5.91 Å². The molecule has 1 aliphatic rings. The van der Waals surface area contributed by atoms with Gasteiger partial charge in [-0.3, -0.25) is 4.79 Å². The van der Waals surface area contributed by atoms with Crippen molar-refractivity contribution in [2.45, 2.75) is 19.3 Å². The summed E-state index contributed by atoms with van der Waals surface area (Å²) in [6.45, 7) is 1.75. The molecule has 4 heteroatoms. The van der Waals surface area contributed by atoms with Crippen molar-refractivity contribution in [2.24, 2.45) is 5.73 Å². The van der Waals surface area contributed by atoms with Crippen LogP contribution >= 0.6 is 12.2 Å². The zero-order chi connectivity index (χ0) is 12.3. The van der Waals surface area contributed by atoms with E-state index in [1.54, 1.807) is 0 Å². The number of carbonyl (C=O) groups is 1. The smallest absolute Gasteiger partial charge is 0.253 e. The molecule has 1 aliphatic heterocycles. The summed E-state index contributed by atoms with van der Waals surface area (Å²) in [7, 11) is 0. The van der Waals surface area contributed by atoms with Crippen LogP contribution in [0.5, 0.6) is 0 Å². The highest BCUT2D eigenvalue weighted by molar-refractivity contribution is 7.80. The lowest BCUT2D eigenvalue weighted by Gasteiger charge is -2.15. The molecular formula is C13H16N2OS. The summed E-state index contributed by atoms with van der Waals surface area (Å²) < 4.78 is 0. The Morgan fingerprint density at radius 2 is 2.06 bits per heavy atom. The lowest BCUT2D eigenvalue weighted by Crippen LogP contribution is -2.27. The second kappa shape index (κ2) is 5.27. The molecule has 1 aromatic rings. The average molecular weight is 248 g/mol. The van der Waals surface area contributed by atoms with Crippen molar-refractivity contribution in [2.75, 3.05) is 13.1 Å². The number of nitrogens with two attached hydrogens (primary N) is 1. The predicted octanol–water partition coefficient (Wildman–Crippen LogP) is 1.75. The second-order valence-corrected chi connectivity index (χ2v) is 4.87. The maximum Gasteiger partial charge on any atom is 0.253 e. The Labute approximate surface area is 107 Å². The molecule has 2 rings (SSSR count). The normalized spacial score (nSPS) is 14.9. The predicted molar refractivity (Wildman–Crippen MR) is 72.1 cm³/mol. The Morgan fingerprint density at radius 3 is 2.71 bits per heavy atom. The molecule has 0 aromatic heterocycles. The zero-order valence-electron chi connectivity index (χ0n) is 9.69. The molecule has 1 heterocycles. The van der Waals surface area contributed by atoms with Crippen molar-refractivity contribution >= 4 is 23.1 Å². The Kier molecular flexibility index (Phi) is 3.74. The van der Waals surface area contributed by atoms with Gasteiger partial charge in [-0.1, -0.05) is 24.4 Å². The minimum Gasteiger partial charge on any atom is -0.393 e. The van der Waals surface area contributed by atoms with E-state index < -0.39 is 0 Å². The van der Waals surface area contributed by atoms with Crippen LogP contribution in [-0.4, -0.2) is 28.9 Å². The molecule has 1 amide bonds. The molecule has 2 N–H and O–H groups in total. The molecule has 1 fully saturated rings. The monoisotopic (exact) mass is 248 g/mol. The van der Waals surface area contributed by atoms with Gasteiger partial charge in [0.15, 0.2) is 0 Å². The van der Waals surface area contributed by atoms with E-state index in [2.05, 4.69) is 0 Å². The number of nitrogens with zero attached hydrogens (tertiary/aromatic N) is 1. The third kappa shape index (κ3) is 3.03. The molecule has 0 spiro atoms. The highest BCUT2D eigenvalue weighted by Crippen LogP contribution is 2.14. The largest absolute Gasteiger partial charge is 0.393 e. The molecule has 0 aliphatic carbocycles. The van der Waals surface area contributed by atoms with E-state index in [0.29, 0.717) is 11.4 Å². The van der Waals surface area contributed by atoms with Gasteiger partial charge in [-0.25, -0.2) is 0 Å². The minimum absolute atomic E-state index is 0.118. The Bertz CT molecular complexity index is 439. The first kappa shape index (κ1) is 12.0. The van der Waals surface area contributed by atoms with Gasteiger partial charge in [0.1, 0.15) is 0 Å². The van der Waals surface area contributed by atoms with Crippen LogP contribution in [0.1, 0.15) is 28.8 Å². The first-order valence-electron chi connectivity index (χ1n) is 5.83. The lowest BCUT2D eigenvalue weighted by molar-refractivity contribution is 0.0792. The summed E-state index contributed by atoms with van der Waals surface area (Å²) in [6, 6.07) is 7.57. The minimum atomic E-state index is 0.118. The standard InChI is InChI=1S/C13H16N2OS/c14-12(17)9-10-4-3-5-11(8-10)13(16)15-6-1-2-7-15/h3-5,8H,1-2,6-7,9H2,(H2,14,17). The Morgan fingerprint density at radius 1 is 1.35 bits per heavy atom. The van der Waals surface area contributed by atoms with Crippen molar-refractivity contribution in [3.63, 3.8) is 0 Å². The van der Waals surface area contributed by atoms with Crippen molar-refractivity contribution in [3.8, 4) is 0 Å². The third-order valence-electron chi connectivity index (χ3n) is 2.95. The molecule has 0 saturated carbocycles. The molecule has 90 valence electrons. The SMILES string of the molecule is NC(=S)Cc1cccc(C(=O)N2CCCC2)c1. The van der Waals surface area contributed by atoms with Gasteiger partial charge in [0, 0.05) is 25.1 Å². The van der Waals surface area contributed by atoms with Gasteiger partial charge in [0.05, 0.1) is 4.99 Å². The van der Waals surface area contributed by atoms with Gasteiger partial charge in [-0.05, 0) is 30.5 Å². The fourth-order valence-electron chi connectivity index (χ4n) is 2.12. The number of benzene rings is 1. The van der Waals surface area contributed by atoms with Crippen LogP contribution in [0, 0.1) is 0 Å². The first-order chi connectivity index (χ1) is 8.16. The number of likely N-dealkylation sites (tertiary alicyclic amines) is 1. The summed E-state index contributed by atoms with van der Waals surface area (Å²) in [4.78, 5) is 14.5. The summed E-state index contributed by atoms with van der Waals surface area (Å²) in [5.41, 5.74) is 7.25. The van der Waals surface area contributed by atoms with Crippen LogP contribution in [0.25, 0.3) is 0 Å². The van der Waals surface area contributed by atoms with Gasteiger partial charge in [0.25, 0.3) is 5.91 Å². The highest BCUT2D eigenvalue weighted by Gasteiger charge is 2.19.